The lowest BCUT2D eigenvalue weighted by molar-refractivity contribution is 0.129. The van der Waals surface area contributed by atoms with Gasteiger partial charge in [0.25, 0.3) is 0 Å². The van der Waals surface area contributed by atoms with Crippen molar-refractivity contribution in [2.45, 2.75) is 32.9 Å². The van der Waals surface area contributed by atoms with Crippen molar-refractivity contribution in [2.24, 2.45) is 5.73 Å². The molecule has 0 saturated heterocycles. The molecule has 0 saturated carbocycles. The summed E-state index contributed by atoms with van der Waals surface area (Å²) in [5.41, 5.74) is 6.24. The molecular formula is C11H16ClNO. The van der Waals surface area contributed by atoms with E-state index < -0.39 is 0 Å². The first-order chi connectivity index (χ1) is 6.44. The Balaban J connectivity index is 3.02. The molecule has 0 aliphatic carbocycles. The molecule has 1 aromatic carbocycles. The molecule has 2 N–H and O–H groups in total. The third-order valence-electron chi connectivity index (χ3n) is 1.70. The van der Waals surface area contributed by atoms with Crippen LogP contribution in [0.4, 0.5) is 0 Å². The summed E-state index contributed by atoms with van der Waals surface area (Å²) >= 11 is 6.00. The van der Waals surface area contributed by atoms with Gasteiger partial charge in [-0.1, -0.05) is 17.7 Å². The summed E-state index contributed by atoms with van der Waals surface area (Å²) in [6, 6.07) is 5.57. The van der Waals surface area contributed by atoms with Gasteiger partial charge in [-0.05, 0) is 32.9 Å². The van der Waals surface area contributed by atoms with E-state index in [1.165, 1.54) is 0 Å². The minimum atomic E-state index is -0.228. The number of ether oxygens (including phenoxy) is 1. The fourth-order valence-corrected chi connectivity index (χ4v) is 1.41. The average Bonchev–Trinajstić information content (AvgIpc) is 2.01. The summed E-state index contributed by atoms with van der Waals surface area (Å²) in [4.78, 5) is 0. The Morgan fingerprint density at radius 1 is 1.36 bits per heavy atom. The first-order valence-corrected chi connectivity index (χ1v) is 4.98. The van der Waals surface area contributed by atoms with Gasteiger partial charge in [0.1, 0.15) is 11.4 Å². The quantitative estimate of drug-likeness (QED) is 0.820. The smallest absolute Gasteiger partial charge is 0.126 e. The summed E-state index contributed by atoms with van der Waals surface area (Å²) in [5, 5.41) is 0.661. The number of nitrogens with two attached hydrogens (primary N) is 1. The van der Waals surface area contributed by atoms with Gasteiger partial charge in [-0.3, -0.25) is 0 Å². The van der Waals surface area contributed by atoms with Crippen LogP contribution in [0.15, 0.2) is 18.2 Å². The zero-order chi connectivity index (χ0) is 10.8. The van der Waals surface area contributed by atoms with Gasteiger partial charge in [0.05, 0.1) is 0 Å². The van der Waals surface area contributed by atoms with Gasteiger partial charge in [-0.25, -0.2) is 0 Å². The highest BCUT2D eigenvalue weighted by Crippen LogP contribution is 2.28. The number of benzene rings is 1. The van der Waals surface area contributed by atoms with E-state index in [0.717, 1.165) is 11.3 Å². The Kier molecular flexibility index (Phi) is 3.40. The summed E-state index contributed by atoms with van der Waals surface area (Å²) in [5.74, 6) is 0.771. The lowest BCUT2D eigenvalue weighted by Crippen LogP contribution is -2.24. The molecule has 1 rings (SSSR count). The van der Waals surface area contributed by atoms with Crippen molar-refractivity contribution >= 4 is 11.6 Å². The highest BCUT2D eigenvalue weighted by atomic mass is 35.5. The summed E-state index contributed by atoms with van der Waals surface area (Å²) in [7, 11) is 0. The van der Waals surface area contributed by atoms with E-state index in [-0.39, 0.29) is 5.60 Å². The molecule has 0 heterocycles. The maximum absolute atomic E-state index is 6.00. The molecule has 0 radical (unpaired) electrons. The highest BCUT2D eigenvalue weighted by molar-refractivity contribution is 6.31. The van der Waals surface area contributed by atoms with Gasteiger partial charge in [0.15, 0.2) is 0 Å². The largest absolute Gasteiger partial charge is 0.488 e. The molecule has 3 heteroatoms. The molecular weight excluding hydrogens is 198 g/mol. The van der Waals surface area contributed by atoms with E-state index in [9.17, 15) is 0 Å². The molecule has 0 amide bonds. The van der Waals surface area contributed by atoms with Crippen LogP contribution in [0.25, 0.3) is 0 Å². The Morgan fingerprint density at radius 3 is 2.50 bits per heavy atom. The van der Waals surface area contributed by atoms with Gasteiger partial charge in [0.2, 0.25) is 0 Å². The number of halogens is 1. The molecule has 0 aromatic heterocycles. The minimum Gasteiger partial charge on any atom is -0.488 e. The maximum atomic E-state index is 6.00. The number of hydrogen-bond donors (Lipinski definition) is 1. The van der Waals surface area contributed by atoms with E-state index >= 15 is 0 Å². The maximum Gasteiger partial charge on any atom is 0.126 e. The molecule has 1 aromatic rings. The Hall–Kier alpha value is -0.730. The second-order valence-electron chi connectivity index (χ2n) is 4.14. The molecule has 78 valence electrons. The van der Waals surface area contributed by atoms with E-state index in [0.29, 0.717) is 11.6 Å². The monoisotopic (exact) mass is 213 g/mol. The van der Waals surface area contributed by atoms with E-state index in [4.69, 9.17) is 22.1 Å². The van der Waals surface area contributed by atoms with Crippen LogP contribution in [0.2, 0.25) is 5.02 Å². The van der Waals surface area contributed by atoms with Crippen molar-refractivity contribution in [3.8, 4) is 5.75 Å². The first-order valence-electron chi connectivity index (χ1n) is 4.60. The second-order valence-corrected chi connectivity index (χ2v) is 4.54. The fourth-order valence-electron chi connectivity index (χ4n) is 1.16. The lowest BCUT2D eigenvalue weighted by atomic mass is 10.1. The third kappa shape index (κ3) is 2.89. The van der Waals surface area contributed by atoms with Crippen LogP contribution in [0.5, 0.6) is 5.75 Å². The predicted molar refractivity (Wildman–Crippen MR) is 59.7 cm³/mol. The van der Waals surface area contributed by atoms with Crippen LogP contribution in [0.1, 0.15) is 26.3 Å². The van der Waals surface area contributed by atoms with Gasteiger partial charge < -0.3 is 10.5 Å². The van der Waals surface area contributed by atoms with Crippen molar-refractivity contribution in [3.63, 3.8) is 0 Å². The van der Waals surface area contributed by atoms with Crippen LogP contribution in [0.3, 0.4) is 0 Å². The van der Waals surface area contributed by atoms with Crippen molar-refractivity contribution in [1.29, 1.82) is 0 Å². The van der Waals surface area contributed by atoms with Crippen molar-refractivity contribution in [2.75, 3.05) is 0 Å². The summed E-state index contributed by atoms with van der Waals surface area (Å²) in [6.07, 6.45) is 0. The molecule has 0 unspecified atom stereocenters. The second kappa shape index (κ2) is 4.20. The number of rotatable bonds is 2. The first kappa shape index (κ1) is 11.3. The van der Waals surface area contributed by atoms with Crippen LogP contribution < -0.4 is 10.5 Å². The predicted octanol–water partition coefficient (Wildman–Crippen LogP) is 2.98. The van der Waals surface area contributed by atoms with Crippen molar-refractivity contribution in [1.82, 2.24) is 0 Å². The zero-order valence-corrected chi connectivity index (χ0v) is 9.56. The van der Waals surface area contributed by atoms with Gasteiger partial charge >= 0.3 is 0 Å². The molecule has 0 fully saturated rings. The van der Waals surface area contributed by atoms with Gasteiger partial charge in [-0.2, -0.15) is 0 Å². The van der Waals surface area contributed by atoms with Crippen molar-refractivity contribution in [3.05, 3.63) is 28.8 Å². The molecule has 0 aliphatic heterocycles. The Labute approximate surface area is 90.0 Å². The molecule has 0 bridgehead atoms. The summed E-state index contributed by atoms with van der Waals surface area (Å²) in [6.45, 7) is 6.38. The lowest BCUT2D eigenvalue weighted by Gasteiger charge is -2.23. The van der Waals surface area contributed by atoms with E-state index in [2.05, 4.69) is 0 Å². The van der Waals surface area contributed by atoms with Crippen LogP contribution >= 0.6 is 11.6 Å². The zero-order valence-electron chi connectivity index (χ0n) is 8.80. The Bertz CT molecular complexity index is 318. The Morgan fingerprint density at radius 2 is 2.00 bits per heavy atom. The molecule has 0 aliphatic rings. The normalized spacial score (nSPS) is 11.5. The molecule has 0 spiro atoms. The molecule has 0 atom stereocenters. The van der Waals surface area contributed by atoms with Crippen LogP contribution in [0, 0.1) is 0 Å². The average molecular weight is 214 g/mol. The summed E-state index contributed by atoms with van der Waals surface area (Å²) < 4.78 is 5.74. The molecule has 2 nitrogen and oxygen atoms in total. The van der Waals surface area contributed by atoms with E-state index in [1.807, 2.05) is 39.0 Å². The highest BCUT2D eigenvalue weighted by Gasteiger charge is 2.15. The molecule has 14 heavy (non-hydrogen) atoms. The number of hydrogen-bond acceptors (Lipinski definition) is 2. The van der Waals surface area contributed by atoms with Gasteiger partial charge in [-0.15, -0.1) is 0 Å². The van der Waals surface area contributed by atoms with Crippen LogP contribution in [-0.4, -0.2) is 5.60 Å². The fraction of sp³-hybridized carbons (Fsp3) is 0.455. The minimum absolute atomic E-state index is 0.228. The van der Waals surface area contributed by atoms with E-state index in [1.54, 1.807) is 0 Å². The van der Waals surface area contributed by atoms with Crippen LogP contribution in [-0.2, 0) is 6.54 Å². The SMILES string of the molecule is CC(C)(C)Oc1cccc(Cl)c1CN. The van der Waals surface area contributed by atoms with Gasteiger partial charge in [0, 0.05) is 17.1 Å². The third-order valence-corrected chi connectivity index (χ3v) is 2.05. The van der Waals surface area contributed by atoms with Crippen molar-refractivity contribution < 1.29 is 4.74 Å². The topological polar surface area (TPSA) is 35.2 Å². The standard InChI is InChI=1S/C11H16ClNO/c1-11(2,3)14-10-6-4-5-9(12)8(10)7-13/h4-6H,7,13H2,1-3H3.